The van der Waals surface area contributed by atoms with Crippen LogP contribution in [0.4, 0.5) is 10.8 Å². The molecular formula is C5H6N4S. The lowest BCUT2D eigenvalue weighted by atomic mass is 10.7. The van der Waals surface area contributed by atoms with Crippen molar-refractivity contribution in [1.82, 2.24) is 4.98 Å². The van der Waals surface area contributed by atoms with Gasteiger partial charge in [-0.25, -0.2) is 10.5 Å². The summed E-state index contributed by atoms with van der Waals surface area (Å²) in [7, 11) is 0. The van der Waals surface area contributed by atoms with Crippen molar-refractivity contribution >= 4 is 22.2 Å². The van der Waals surface area contributed by atoms with Crippen LogP contribution in [0, 0.1) is 5.53 Å². The molecule has 0 aliphatic carbocycles. The second-order valence-corrected chi connectivity index (χ2v) is 2.32. The lowest BCUT2D eigenvalue weighted by Gasteiger charge is -1.91. The maximum atomic E-state index is 6.67. The molecule has 1 rings (SSSR count). The van der Waals surface area contributed by atoms with E-state index in [1.54, 1.807) is 5.51 Å². The third-order valence-electron chi connectivity index (χ3n) is 0.888. The molecule has 0 aromatic carbocycles. The molecule has 52 valence electrons. The van der Waals surface area contributed by atoms with Crippen molar-refractivity contribution in [3.8, 4) is 0 Å². The summed E-state index contributed by atoms with van der Waals surface area (Å²) in [6, 6.07) is 0. The number of anilines is 1. The number of nitrogens with one attached hydrogen (secondary N) is 2. The Bertz CT molecular complexity index is 242. The van der Waals surface area contributed by atoms with Crippen LogP contribution in [0.1, 0.15) is 0 Å². The molecule has 5 heteroatoms. The lowest BCUT2D eigenvalue weighted by Crippen LogP contribution is -1.80. The van der Waals surface area contributed by atoms with E-state index in [2.05, 4.69) is 22.0 Å². The van der Waals surface area contributed by atoms with E-state index in [1.807, 2.05) is 0 Å². The summed E-state index contributed by atoms with van der Waals surface area (Å²) in [5.41, 5.74) is 8.30. The summed E-state index contributed by atoms with van der Waals surface area (Å²) in [4.78, 5) is 3.81. The SMILES string of the molecule is C=CNc1scnc1N=N. The van der Waals surface area contributed by atoms with E-state index in [4.69, 9.17) is 5.53 Å². The minimum Gasteiger partial charge on any atom is -0.351 e. The van der Waals surface area contributed by atoms with Crippen molar-refractivity contribution in [1.29, 1.82) is 5.53 Å². The number of hydrogen-bond donors (Lipinski definition) is 2. The second-order valence-electron chi connectivity index (χ2n) is 1.47. The minimum absolute atomic E-state index is 0.407. The van der Waals surface area contributed by atoms with Crippen LogP contribution in [0.5, 0.6) is 0 Å². The fraction of sp³-hybridized carbons (Fsp3) is 0. The Morgan fingerprint density at radius 3 is 3.30 bits per heavy atom. The molecular weight excluding hydrogens is 148 g/mol. The van der Waals surface area contributed by atoms with E-state index in [-0.39, 0.29) is 0 Å². The van der Waals surface area contributed by atoms with Gasteiger partial charge in [0.25, 0.3) is 0 Å². The van der Waals surface area contributed by atoms with Gasteiger partial charge in [0, 0.05) is 0 Å². The van der Waals surface area contributed by atoms with Gasteiger partial charge in [-0.1, -0.05) is 6.58 Å². The summed E-state index contributed by atoms with van der Waals surface area (Å²) in [5.74, 6) is 0.407. The van der Waals surface area contributed by atoms with Gasteiger partial charge in [0.05, 0.1) is 5.51 Å². The number of hydrogen-bond acceptors (Lipinski definition) is 5. The first-order chi connectivity index (χ1) is 4.88. The molecule has 0 saturated heterocycles. The van der Waals surface area contributed by atoms with Crippen LogP contribution in [0.2, 0.25) is 0 Å². The quantitative estimate of drug-likeness (QED) is 0.656. The van der Waals surface area contributed by atoms with Crippen molar-refractivity contribution in [2.24, 2.45) is 5.11 Å². The Kier molecular flexibility index (Phi) is 2.11. The number of aromatic nitrogens is 1. The average Bonchev–Trinajstić information content (AvgIpc) is 2.36. The Morgan fingerprint density at radius 1 is 1.90 bits per heavy atom. The van der Waals surface area contributed by atoms with Crippen LogP contribution < -0.4 is 5.32 Å². The van der Waals surface area contributed by atoms with Crippen molar-refractivity contribution < 1.29 is 0 Å². The van der Waals surface area contributed by atoms with Crippen molar-refractivity contribution in [3.05, 3.63) is 18.3 Å². The highest BCUT2D eigenvalue weighted by molar-refractivity contribution is 7.14. The van der Waals surface area contributed by atoms with E-state index in [1.165, 1.54) is 17.5 Å². The second kappa shape index (κ2) is 3.07. The first kappa shape index (κ1) is 6.88. The Hall–Kier alpha value is -1.23. The van der Waals surface area contributed by atoms with Crippen LogP contribution in [-0.2, 0) is 0 Å². The normalized spacial score (nSPS) is 8.80. The van der Waals surface area contributed by atoms with Gasteiger partial charge in [0.2, 0.25) is 5.82 Å². The van der Waals surface area contributed by atoms with Crippen LogP contribution >= 0.6 is 11.3 Å². The number of thiazole rings is 1. The molecule has 2 N–H and O–H groups in total. The summed E-state index contributed by atoms with van der Waals surface area (Å²) in [5, 5.41) is 6.76. The maximum Gasteiger partial charge on any atom is 0.208 e. The molecule has 0 atom stereocenters. The molecule has 1 heterocycles. The van der Waals surface area contributed by atoms with E-state index >= 15 is 0 Å². The van der Waals surface area contributed by atoms with Crippen LogP contribution in [0.3, 0.4) is 0 Å². The Labute approximate surface area is 62.1 Å². The van der Waals surface area contributed by atoms with Crippen molar-refractivity contribution in [2.75, 3.05) is 5.32 Å². The highest BCUT2D eigenvalue weighted by atomic mass is 32.1. The topological polar surface area (TPSA) is 61.1 Å². The van der Waals surface area contributed by atoms with E-state index in [0.29, 0.717) is 5.82 Å². The molecule has 0 spiro atoms. The first-order valence-electron chi connectivity index (χ1n) is 2.57. The molecule has 1 aromatic heterocycles. The summed E-state index contributed by atoms with van der Waals surface area (Å²) in [6.45, 7) is 3.48. The number of nitrogens with zero attached hydrogens (tertiary/aromatic N) is 2. The van der Waals surface area contributed by atoms with Gasteiger partial charge >= 0.3 is 0 Å². The molecule has 0 radical (unpaired) electrons. The van der Waals surface area contributed by atoms with E-state index in [0.717, 1.165) is 5.00 Å². The molecule has 10 heavy (non-hydrogen) atoms. The van der Waals surface area contributed by atoms with Gasteiger partial charge in [-0.3, -0.25) is 0 Å². The molecule has 0 bridgehead atoms. The smallest absolute Gasteiger partial charge is 0.208 e. The van der Waals surface area contributed by atoms with Crippen molar-refractivity contribution in [3.63, 3.8) is 0 Å². The Morgan fingerprint density at radius 2 is 2.70 bits per heavy atom. The number of rotatable bonds is 3. The Balaban J connectivity index is 2.89. The molecule has 0 amide bonds. The molecule has 0 fully saturated rings. The highest BCUT2D eigenvalue weighted by Gasteiger charge is 2.00. The standard InChI is InChI=1S/C5H6N4S/c1-2-7-5-4(9-6)8-3-10-5/h2-3,6-7H,1H2. The first-order valence-corrected chi connectivity index (χ1v) is 3.45. The zero-order valence-electron chi connectivity index (χ0n) is 5.16. The van der Waals surface area contributed by atoms with E-state index < -0.39 is 0 Å². The zero-order chi connectivity index (χ0) is 7.40. The minimum atomic E-state index is 0.407. The summed E-state index contributed by atoms with van der Waals surface area (Å²) >= 11 is 1.39. The molecule has 0 aliphatic rings. The fourth-order valence-electron chi connectivity index (χ4n) is 0.511. The van der Waals surface area contributed by atoms with Gasteiger partial charge in [0.15, 0.2) is 0 Å². The third kappa shape index (κ3) is 1.19. The van der Waals surface area contributed by atoms with Gasteiger partial charge in [-0.15, -0.1) is 16.5 Å². The summed E-state index contributed by atoms with van der Waals surface area (Å²) in [6.07, 6.45) is 1.53. The van der Waals surface area contributed by atoms with Crippen molar-refractivity contribution in [2.45, 2.75) is 0 Å². The van der Waals surface area contributed by atoms with Crippen LogP contribution in [0.25, 0.3) is 0 Å². The van der Waals surface area contributed by atoms with Gasteiger partial charge in [0.1, 0.15) is 5.00 Å². The van der Waals surface area contributed by atoms with E-state index in [9.17, 15) is 0 Å². The monoisotopic (exact) mass is 154 g/mol. The van der Waals surface area contributed by atoms with Gasteiger partial charge in [-0.2, -0.15) is 0 Å². The third-order valence-corrected chi connectivity index (χ3v) is 1.63. The molecule has 0 unspecified atom stereocenters. The fourth-order valence-corrected chi connectivity index (χ4v) is 1.12. The lowest BCUT2D eigenvalue weighted by molar-refractivity contribution is 1.11. The predicted octanol–water partition coefficient (Wildman–Crippen LogP) is 2.36. The maximum absolute atomic E-state index is 6.67. The predicted molar refractivity (Wildman–Crippen MR) is 40.7 cm³/mol. The largest absolute Gasteiger partial charge is 0.351 e. The van der Waals surface area contributed by atoms with Crippen LogP contribution in [-0.4, -0.2) is 4.98 Å². The zero-order valence-corrected chi connectivity index (χ0v) is 5.98. The molecule has 0 saturated carbocycles. The van der Waals surface area contributed by atoms with Gasteiger partial charge in [-0.05, 0) is 6.20 Å². The molecule has 4 nitrogen and oxygen atoms in total. The highest BCUT2D eigenvalue weighted by Crippen LogP contribution is 2.26. The van der Waals surface area contributed by atoms with Crippen LogP contribution in [0.15, 0.2) is 23.4 Å². The summed E-state index contributed by atoms with van der Waals surface area (Å²) < 4.78 is 0. The van der Waals surface area contributed by atoms with Gasteiger partial charge < -0.3 is 5.32 Å². The molecule has 0 aliphatic heterocycles. The average molecular weight is 154 g/mol. The molecule has 1 aromatic rings.